The third-order valence-electron chi connectivity index (χ3n) is 5.39. The van der Waals surface area contributed by atoms with Crippen molar-refractivity contribution in [3.05, 3.63) is 65.7 Å². The van der Waals surface area contributed by atoms with Crippen molar-refractivity contribution in [2.24, 2.45) is 5.92 Å². The van der Waals surface area contributed by atoms with E-state index in [1.54, 1.807) is 0 Å². The molecule has 2 atom stereocenters. The van der Waals surface area contributed by atoms with Gasteiger partial charge in [-0.2, -0.15) is 0 Å². The minimum absolute atomic E-state index is 0.0662. The number of morpholine rings is 1. The Balaban J connectivity index is 1.64. The Labute approximate surface area is 162 Å². The van der Waals surface area contributed by atoms with Crippen molar-refractivity contribution < 1.29 is 9.53 Å². The maximum Gasteiger partial charge on any atom is 0.232 e. The molecule has 0 aromatic heterocycles. The predicted molar refractivity (Wildman–Crippen MR) is 110 cm³/mol. The third-order valence-corrected chi connectivity index (χ3v) is 5.39. The van der Waals surface area contributed by atoms with Crippen LogP contribution < -0.4 is 5.32 Å². The summed E-state index contributed by atoms with van der Waals surface area (Å²) < 4.78 is 5.40. The fourth-order valence-electron chi connectivity index (χ4n) is 3.57. The number of rotatable bonds is 7. The van der Waals surface area contributed by atoms with Crippen LogP contribution in [0.4, 0.5) is 5.69 Å². The monoisotopic (exact) mass is 366 g/mol. The number of nitrogens with one attached hydrogen (secondary N) is 1. The molecule has 1 aliphatic rings. The number of ether oxygens (including phenoxy) is 1. The third kappa shape index (κ3) is 5.41. The average molecular weight is 367 g/mol. The molecule has 1 saturated heterocycles. The molecule has 0 saturated carbocycles. The molecule has 27 heavy (non-hydrogen) atoms. The van der Waals surface area contributed by atoms with Gasteiger partial charge in [0.05, 0.1) is 19.1 Å². The second-order valence-electron chi connectivity index (χ2n) is 7.35. The van der Waals surface area contributed by atoms with Crippen molar-refractivity contribution >= 4 is 11.6 Å². The average Bonchev–Trinajstić information content (AvgIpc) is 2.71. The van der Waals surface area contributed by atoms with Gasteiger partial charge in [0.2, 0.25) is 5.91 Å². The van der Waals surface area contributed by atoms with E-state index < -0.39 is 0 Å². The second kappa shape index (κ2) is 9.67. The largest absolute Gasteiger partial charge is 0.379 e. The number of benzene rings is 2. The molecular weight excluding hydrogens is 336 g/mol. The molecule has 1 aliphatic heterocycles. The van der Waals surface area contributed by atoms with Crippen LogP contribution in [0.15, 0.2) is 54.6 Å². The zero-order chi connectivity index (χ0) is 19.1. The van der Waals surface area contributed by atoms with Gasteiger partial charge in [-0.3, -0.25) is 9.69 Å². The first-order valence-corrected chi connectivity index (χ1v) is 9.92. The summed E-state index contributed by atoms with van der Waals surface area (Å²) in [6.07, 6.45) is 0.964. The molecule has 2 aromatic carbocycles. The fraction of sp³-hybridized carbons (Fsp3) is 0.435. The zero-order valence-corrected chi connectivity index (χ0v) is 16.4. The summed E-state index contributed by atoms with van der Waals surface area (Å²) in [6.45, 7) is 8.78. The van der Waals surface area contributed by atoms with Gasteiger partial charge in [-0.1, -0.05) is 62.7 Å². The first-order chi connectivity index (χ1) is 13.2. The summed E-state index contributed by atoms with van der Waals surface area (Å²) in [4.78, 5) is 15.4. The van der Waals surface area contributed by atoms with E-state index in [1.165, 1.54) is 5.56 Å². The standard InChI is InChI=1S/C23H30N2O2/c1-3-18(2)22(20-7-5-4-6-8-20)23(26)24-21-11-9-19(10-12-21)17-25-13-15-27-16-14-25/h4-12,18,22H,3,13-17H2,1-2H3,(H,24,26). The van der Waals surface area contributed by atoms with E-state index in [-0.39, 0.29) is 17.7 Å². The smallest absolute Gasteiger partial charge is 0.232 e. The number of carbonyl (C=O) groups is 1. The molecule has 0 radical (unpaired) electrons. The van der Waals surface area contributed by atoms with Crippen molar-refractivity contribution in [1.29, 1.82) is 0 Å². The van der Waals surface area contributed by atoms with Gasteiger partial charge < -0.3 is 10.1 Å². The van der Waals surface area contributed by atoms with Gasteiger partial charge in [-0.15, -0.1) is 0 Å². The van der Waals surface area contributed by atoms with Gasteiger partial charge >= 0.3 is 0 Å². The summed E-state index contributed by atoms with van der Waals surface area (Å²) in [5.41, 5.74) is 3.19. The van der Waals surface area contributed by atoms with Crippen LogP contribution >= 0.6 is 0 Å². The highest BCUT2D eigenvalue weighted by molar-refractivity contribution is 5.96. The molecule has 4 nitrogen and oxygen atoms in total. The first-order valence-electron chi connectivity index (χ1n) is 9.92. The van der Waals surface area contributed by atoms with E-state index in [0.29, 0.717) is 0 Å². The molecule has 0 aliphatic carbocycles. The normalized spacial score (nSPS) is 17.3. The number of amides is 1. The van der Waals surface area contributed by atoms with Gasteiger partial charge in [0.15, 0.2) is 0 Å². The Morgan fingerprint density at radius 1 is 1.07 bits per heavy atom. The summed E-state index contributed by atoms with van der Waals surface area (Å²) in [5, 5.41) is 3.11. The Morgan fingerprint density at radius 2 is 1.74 bits per heavy atom. The lowest BCUT2D eigenvalue weighted by Gasteiger charge is -2.26. The van der Waals surface area contributed by atoms with Crippen LogP contribution in [-0.4, -0.2) is 37.1 Å². The topological polar surface area (TPSA) is 41.6 Å². The molecule has 2 aromatic rings. The summed E-state index contributed by atoms with van der Waals surface area (Å²) in [7, 11) is 0. The van der Waals surface area contributed by atoms with Crippen molar-refractivity contribution in [2.75, 3.05) is 31.6 Å². The van der Waals surface area contributed by atoms with Crippen LogP contribution in [0.5, 0.6) is 0 Å². The number of anilines is 1. The lowest BCUT2D eigenvalue weighted by molar-refractivity contribution is -0.118. The Morgan fingerprint density at radius 3 is 2.37 bits per heavy atom. The first kappa shape index (κ1) is 19.6. The lowest BCUT2D eigenvalue weighted by Crippen LogP contribution is -2.35. The summed E-state index contributed by atoms with van der Waals surface area (Å²) >= 11 is 0. The van der Waals surface area contributed by atoms with Crippen LogP contribution in [0.2, 0.25) is 0 Å². The van der Waals surface area contributed by atoms with Crippen molar-refractivity contribution in [1.82, 2.24) is 4.90 Å². The lowest BCUT2D eigenvalue weighted by atomic mass is 9.85. The Bertz CT molecular complexity index is 709. The molecule has 1 heterocycles. The van der Waals surface area contributed by atoms with Crippen LogP contribution in [0.25, 0.3) is 0 Å². The summed E-state index contributed by atoms with van der Waals surface area (Å²) in [5.74, 6) is 0.216. The number of hydrogen-bond donors (Lipinski definition) is 1. The van der Waals surface area contributed by atoms with Crippen molar-refractivity contribution in [3.8, 4) is 0 Å². The van der Waals surface area contributed by atoms with E-state index in [0.717, 1.165) is 50.5 Å². The number of hydrogen-bond acceptors (Lipinski definition) is 3. The molecule has 0 spiro atoms. The van der Waals surface area contributed by atoms with Crippen molar-refractivity contribution in [2.45, 2.75) is 32.7 Å². The molecule has 1 N–H and O–H groups in total. The highest BCUT2D eigenvalue weighted by Gasteiger charge is 2.25. The van der Waals surface area contributed by atoms with Gasteiger partial charge in [-0.05, 0) is 29.2 Å². The molecule has 1 fully saturated rings. The van der Waals surface area contributed by atoms with Gasteiger partial charge in [0.1, 0.15) is 0 Å². The van der Waals surface area contributed by atoms with Crippen LogP contribution in [0, 0.1) is 5.92 Å². The molecule has 3 rings (SSSR count). The Kier molecular flexibility index (Phi) is 7.02. The molecule has 1 amide bonds. The summed E-state index contributed by atoms with van der Waals surface area (Å²) in [6, 6.07) is 18.3. The SMILES string of the molecule is CCC(C)C(C(=O)Nc1ccc(CN2CCOCC2)cc1)c1ccccc1. The van der Waals surface area contributed by atoms with Crippen LogP contribution in [0.1, 0.15) is 37.3 Å². The van der Waals surface area contributed by atoms with Crippen molar-refractivity contribution in [3.63, 3.8) is 0 Å². The maximum atomic E-state index is 13.0. The quantitative estimate of drug-likeness (QED) is 0.795. The van der Waals surface area contributed by atoms with E-state index >= 15 is 0 Å². The molecule has 144 valence electrons. The van der Waals surface area contributed by atoms with E-state index in [4.69, 9.17) is 4.74 Å². The van der Waals surface area contributed by atoms with E-state index in [2.05, 4.69) is 36.2 Å². The minimum atomic E-state index is -0.135. The minimum Gasteiger partial charge on any atom is -0.379 e. The van der Waals surface area contributed by atoms with Crippen LogP contribution in [-0.2, 0) is 16.1 Å². The second-order valence-corrected chi connectivity index (χ2v) is 7.35. The molecule has 4 heteroatoms. The Hall–Kier alpha value is -2.17. The van der Waals surface area contributed by atoms with Gasteiger partial charge in [0, 0.05) is 25.3 Å². The zero-order valence-electron chi connectivity index (χ0n) is 16.4. The maximum absolute atomic E-state index is 13.0. The number of carbonyl (C=O) groups excluding carboxylic acids is 1. The van der Waals surface area contributed by atoms with Gasteiger partial charge in [0.25, 0.3) is 0 Å². The predicted octanol–water partition coefficient (Wildman–Crippen LogP) is 4.29. The highest BCUT2D eigenvalue weighted by Crippen LogP contribution is 2.28. The molecular formula is C23H30N2O2. The van der Waals surface area contributed by atoms with E-state index in [1.807, 2.05) is 42.5 Å². The fourth-order valence-corrected chi connectivity index (χ4v) is 3.57. The molecule has 0 bridgehead atoms. The molecule has 2 unspecified atom stereocenters. The van der Waals surface area contributed by atoms with E-state index in [9.17, 15) is 4.79 Å². The van der Waals surface area contributed by atoms with Crippen LogP contribution in [0.3, 0.4) is 0 Å². The highest BCUT2D eigenvalue weighted by atomic mass is 16.5. The number of nitrogens with zero attached hydrogens (tertiary/aromatic N) is 1. The van der Waals surface area contributed by atoms with Gasteiger partial charge in [-0.25, -0.2) is 0 Å².